The summed E-state index contributed by atoms with van der Waals surface area (Å²) in [5, 5.41) is 5.28. The molecule has 0 spiro atoms. The Morgan fingerprint density at radius 1 is 1.53 bits per heavy atom. The summed E-state index contributed by atoms with van der Waals surface area (Å²) < 4.78 is 1.11. The number of pyridine rings is 1. The van der Waals surface area contributed by atoms with Gasteiger partial charge in [0.2, 0.25) is 0 Å². The van der Waals surface area contributed by atoms with Crippen molar-refractivity contribution in [2.75, 3.05) is 5.32 Å². The van der Waals surface area contributed by atoms with E-state index in [0.29, 0.717) is 4.99 Å². The first-order chi connectivity index (χ1) is 8.16. The van der Waals surface area contributed by atoms with Crippen LogP contribution in [0.2, 0.25) is 0 Å². The fraction of sp³-hybridized carbons (Fsp3) is 0.0909. The predicted octanol–water partition coefficient (Wildman–Crippen LogP) is 3.15. The van der Waals surface area contributed by atoms with Crippen LogP contribution in [-0.2, 0) is 6.54 Å². The van der Waals surface area contributed by atoms with E-state index in [-0.39, 0.29) is 0 Å². The topological polar surface area (TPSA) is 50.9 Å². The van der Waals surface area contributed by atoms with E-state index in [2.05, 4.69) is 26.2 Å². The summed E-state index contributed by atoms with van der Waals surface area (Å²) in [4.78, 5) is 5.83. The van der Waals surface area contributed by atoms with Gasteiger partial charge in [-0.3, -0.25) is 0 Å². The first-order valence-corrected chi connectivity index (χ1v) is 6.96. The Kier molecular flexibility index (Phi) is 4.09. The number of nitrogens with one attached hydrogen (secondary N) is 1. The van der Waals surface area contributed by atoms with Gasteiger partial charge in [-0.15, -0.1) is 11.3 Å². The number of rotatable bonds is 4. The summed E-state index contributed by atoms with van der Waals surface area (Å²) in [5.74, 6) is 0.774. The lowest BCUT2D eigenvalue weighted by molar-refractivity contribution is 1.13. The van der Waals surface area contributed by atoms with Crippen molar-refractivity contribution in [2.45, 2.75) is 6.54 Å². The van der Waals surface area contributed by atoms with Crippen LogP contribution in [0.5, 0.6) is 0 Å². The molecule has 2 aromatic heterocycles. The van der Waals surface area contributed by atoms with Gasteiger partial charge in [-0.1, -0.05) is 12.2 Å². The molecule has 0 atom stereocenters. The molecule has 0 bridgehead atoms. The molecule has 0 saturated carbocycles. The molecule has 0 aliphatic rings. The summed E-state index contributed by atoms with van der Waals surface area (Å²) in [7, 11) is 0. The standard InChI is InChI=1S/C11H10BrN3S2/c12-8-2-4-17-9(8)6-15-10-5-7(11(13)16)1-3-14-10/h1-5H,6H2,(H2,13,16)(H,14,15). The van der Waals surface area contributed by atoms with E-state index in [4.69, 9.17) is 18.0 Å². The Labute approximate surface area is 117 Å². The number of nitrogens with two attached hydrogens (primary N) is 1. The third kappa shape index (κ3) is 3.24. The number of aromatic nitrogens is 1. The van der Waals surface area contributed by atoms with Gasteiger partial charge in [0, 0.05) is 21.1 Å². The van der Waals surface area contributed by atoms with Crippen LogP contribution in [0.25, 0.3) is 0 Å². The van der Waals surface area contributed by atoms with E-state index in [1.165, 1.54) is 4.88 Å². The van der Waals surface area contributed by atoms with Crippen molar-refractivity contribution >= 4 is 50.3 Å². The van der Waals surface area contributed by atoms with E-state index in [9.17, 15) is 0 Å². The normalized spacial score (nSPS) is 10.2. The van der Waals surface area contributed by atoms with E-state index >= 15 is 0 Å². The molecule has 0 radical (unpaired) electrons. The van der Waals surface area contributed by atoms with Gasteiger partial charge >= 0.3 is 0 Å². The van der Waals surface area contributed by atoms with Gasteiger partial charge in [-0.25, -0.2) is 4.98 Å². The highest BCUT2D eigenvalue weighted by atomic mass is 79.9. The average molecular weight is 328 g/mol. The Hall–Kier alpha value is -0.980. The number of halogens is 1. The predicted molar refractivity (Wildman–Crippen MR) is 79.5 cm³/mol. The van der Waals surface area contributed by atoms with Gasteiger partial charge < -0.3 is 11.1 Å². The Bertz CT molecular complexity index is 539. The number of hydrogen-bond donors (Lipinski definition) is 2. The van der Waals surface area contributed by atoms with Crippen molar-refractivity contribution < 1.29 is 0 Å². The van der Waals surface area contributed by atoms with Crippen molar-refractivity contribution in [3.63, 3.8) is 0 Å². The molecule has 2 heterocycles. The average Bonchev–Trinajstić information content (AvgIpc) is 2.72. The SMILES string of the molecule is NC(=S)c1ccnc(NCc2sccc2Br)c1. The largest absolute Gasteiger partial charge is 0.389 e. The molecule has 0 unspecified atom stereocenters. The van der Waals surface area contributed by atoms with Gasteiger partial charge in [0.15, 0.2) is 0 Å². The highest BCUT2D eigenvalue weighted by Gasteiger charge is 2.03. The third-order valence-electron chi connectivity index (χ3n) is 2.17. The summed E-state index contributed by atoms with van der Waals surface area (Å²) >= 11 is 10.1. The fourth-order valence-corrected chi connectivity index (χ4v) is 2.86. The molecule has 88 valence electrons. The van der Waals surface area contributed by atoms with Crippen molar-refractivity contribution in [3.8, 4) is 0 Å². The number of anilines is 1. The van der Waals surface area contributed by atoms with Gasteiger partial charge in [0.25, 0.3) is 0 Å². The zero-order chi connectivity index (χ0) is 12.3. The lowest BCUT2D eigenvalue weighted by Crippen LogP contribution is -2.10. The molecular weight excluding hydrogens is 318 g/mol. The molecule has 17 heavy (non-hydrogen) atoms. The second-order valence-electron chi connectivity index (χ2n) is 3.34. The minimum absolute atomic E-state index is 0.382. The molecule has 2 aromatic rings. The fourth-order valence-electron chi connectivity index (χ4n) is 1.30. The summed E-state index contributed by atoms with van der Waals surface area (Å²) in [6, 6.07) is 5.68. The van der Waals surface area contributed by atoms with E-state index in [1.807, 2.05) is 17.5 Å². The quantitative estimate of drug-likeness (QED) is 0.847. The molecule has 0 aromatic carbocycles. The van der Waals surface area contributed by atoms with E-state index in [0.717, 1.165) is 22.4 Å². The van der Waals surface area contributed by atoms with Gasteiger partial charge in [0.1, 0.15) is 10.8 Å². The maximum absolute atomic E-state index is 5.57. The molecular formula is C11H10BrN3S2. The van der Waals surface area contributed by atoms with Crippen LogP contribution >= 0.6 is 39.5 Å². The Morgan fingerprint density at radius 2 is 2.35 bits per heavy atom. The minimum Gasteiger partial charge on any atom is -0.389 e. The molecule has 0 aliphatic heterocycles. The minimum atomic E-state index is 0.382. The molecule has 3 nitrogen and oxygen atoms in total. The number of thiocarbonyl (C=S) groups is 1. The first-order valence-electron chi connectivity index (χ1n) is 4.88. The lowest BCUT2D eigenvalue weighted by atomic mass is 10.2. The van der Waals surface area contributed by atoms with Crippen LogP contribution < -0.4 is 11.1 Å². The van der Waals surface area contributed by atoms with Crippen LogP contribution in [0.3, 0.4) is 0 Å². The number of thiophene rings is 1. The van der Waals surface area contributed by atoms with Crippen molar-refractivity contribution in [1.82, 2.24) is 4.98 Å². The zero-order valence-corrected chi connectivity index (χ0v) is 12.0. The van der Waals surface area contributed by atoms with Crippen molar-refractivity contribution in [3.05, 3.63) is 44.7 Å². The molecule has 0 amide bonds. The molecule has 3 N–H and O–H groups in total. The molecule has 0 aliphatic carbocycles. The lowest BCUT2D eigenvalue weighted by Gasteiger charge is -2.06. The Morgan fingerprint density at radius 3 is 3.00 bits per heavy atom. The van der Waals surface area contributed by atoms with Crippen LogP contribution in [0.4, 0.5) is 5.82 Å². The summed E-state index contributed by atoms with van der Waals surface area (Å²) in [6.07, 6.45) is 1.69. The number of nitrogens with zero attached hydrogens (tertiary/aromatic N) is 1. The number of hydrogen-bond acceptors (Lipinski definition) is 4. The summed E-state index contributed by atoms with van der Waals surface area (Å²) in [5.41, 5.74) is 6.39. The maximum atomic E-state index is 5.57. The second kappa shape index (κ2) is 5.57. The summed E-state index contributed by atoms with van der Waals surface area (Å²) in [6.45, 7) is 0.728. The van der Waals surface area contributed by atoms with Gasteiger partial charge in [-0.05, 0) is 39.5 Å². The van der Waals surface area contributed by atoms with Crippen molar-refractivity contribution in [1.29, 1.82) is 0 Å². The third-order valence-corrected chi connectivity index (χ3v) is 4.33. The maximum Gasteiger partial charge on any atom is 0.126 e. The smallest absolute Gasteiger partial charge is 0.126 e. The van der Waals surface area contributed by atoms with Crippen molar-refractivity contribution in [2.24, 2.45) is 5.73 Å². The van der Waals surface area contributed by atoms with E-state index in [1.54, 1.807) is 23.6 Å². The second-order valence-corrected chi connectivity index (χ2v) is 5.63. The molecule has 2 rings (SSSR count). The molecule has 0 fully saturated rings. The molecule has 6 heteroatoms. The Balaban J connectivity index is 2.07. The van der Waals surface area contributed by atoms with E-state index < -0.39 is 0 Å². The monoisotopic (exact) mass is 327 g/mol. The van der Waals surface area contributed by atoms with Crippen LogP contribution in [-0.4, -0.2) is 9.97 Å². The van der Waals surface area contributed by atoms with Crippen LogP contribution in [0.1, 0.15) is 10.4 Å². The van der Waals surface area contributed by atoms with Gasteiger partial charge in [-0.2, -0.15) is 0 Å². The highest BCUT2D eigenvalue weighted by Crippen LogP contribution is 2.23. The zero-order valence-electron chi connectivity index (χ0n) is 8.81. The van der Waals surface area contributed by atoms with Gasteiger partial charge in [0.05, 0.1) is 6.54 Å². The van der Waals surface area contributed by atoms with Crippen LogP contribution in [0, 0.1) is 0 Å². The highest BCUT2D eigenvalue weighted by molar-refractivity contribution is 9.10. The van der Waals surface area contributed by atoms with Crippen LogP contribution in [0.15, 0.2) is 34.2 Å². The first kappa shape index (κ1) is 12.5. The molecule has 0 saturated heterocycles.